The van der Waals surface area contributed by atoms with Crippen LogP contribution in [0.4, 0.5) is 0 Å². The van der Waals surface area contributed by atoms with Crippen LogP contribution in [0.5, 0.6) is 0 Å². The van der Waals surface area contributed by atoms with Crippen LogP contribution in [-0.4, -0.2) is 37.0 Å². The highest BCUT2D eigenvalue weighted by Crippen LogP contribution is 2.33. The van der Waals surface area contributed by atoms with E-state index in [4.69, 9.17) is 15.8 Å². The summed E-state index contributed by atoms with van der Waals surface area (Å²) in [6, 6.07) is 15.9. The van der Waals surface area contributed by atoms with Crippen molar-refractivity contribution in [3.63, 3.8) is 0 Å². The summed E-state index contributed by atoms with van der Waals surface area (Å²) >= 11 is 0. The van der Waals surface area contributed by atoms with E-state index < -0.39 is 6.10 Å². The van der Waals surface area contributed by atoms with Crippen molar-refractivity contribution in [1.29, 1.82) is 0 Å². The summed E-state index contributed by atoms with van der Waals surface area (Å²) < 4.78 is 1.96. The van der Waals surface area contributed by atoms with Gasteiger partial charge in [-0.15, -0.1) is 17.5 Å². The minimum Gasteiger partial charge on any atom is -0.391 e. The summed E-state index contributed by atoms with van der Waals surface area (Å²) in [4.78, 5) is 9.13. The highest BCUT2D eigenvalue weighted by molar-refractivity contribution is 5.85. The van der Waals surface area contributed by atoms with E-state index in [2.05, 4.69) is 17.1 Å². The fourth-order valence-electron chi connectivity index (χ4n) is 3.56. The number of rotatable bonds is 5. The summed E-state index contributed by atoms with van der Waals surface area (Å²) in [7, 11) is 0. The molecule has 0 spiro atoms. The van der Waals surface area contributed by atoms with Gasteiger partial charge in [0.25, 0.3) is 0 Å². The molecule has 1 aromatic carbocycles. The second kappa shape index (κ2) is 8.61. The predicted molar refractivity (Wildman–Crippen MR) is 107 cm³/mol. The van der Waals surface area contributed by atoms with Gasteiger partial charge in [-0.2, -0.15) is 0 Å². The lowest BCUT2D eigenvalue weighted by Gasteiger charge is -2.11. The van der Waals surface area contributed by atoms with Gasteiger partial charge in [0.2, 0.25) is 0 Å². The Kier molecular flexibility index (Phi) is 6.21. The number of pyridine rings is 1. The van der Waals surface area contributed by atoms with Gasteiger partial charge in [-0.05, 0) is 37.0 Å². The van der Waals surface area contributed by atoms with Gasteiger partial charge >= 0.3 is 0 Å². The quantitative estimate of drug-likeness (QED) is 0.704. The number of hydrogen-bond donors (Lipinski definition) is 2. The van der Waals surface area contributed by atoms with Crippen LogP contribution in [0.15, 0.2) is 54.7 Å². The van der Waals surface area contributed by atoms with Crippen LogP contribution in [0, 0.1) is 0 Å². The van der Waals surface area contributed by atoms with E-state index in [1.807, 2.05) is 41.1 Å². The average molecular weight is 386 g/mol. The van der Waals surface area contributed by atoms with Gasteiger partial charge in [-0.25, -0.2) is 9.67 Å². The number of benzene rings is 1. The van der Waals surface area contributed by atoms with Crippen LogP contribution >= 0.6 is 12.4 Å². The first kappa shape index (κ1) is 19.5. The van der Waals surface area contributed by atoms with Crippen molar-refractivity contribution >= 4 is 12.4 Å². The van der Waals surface area contributed by atoms with Crippen molar-refractivity contribution < 1.29 is 5.11 Å². The average Bonchev–Trinajstić information content (AvgIpc) is 3.25. The number of nitrogens with zero attached hydrogens (tertiary/aromatic N) is 4. The summed E-state index contributed by atoms with van der Waals surface area (Å²) in [5.41, 5.74) is 8.04. The molecule has 0 saturated heterocycles. The Balaban J connectivity index is 0.00000210. The maximum atomic E-state index is 10.1. The lowest BCUT2D eigenvalue weighted by Crippen LogP contribution is -2.28. The molecule has 6 nitrogen and oxygen atoms in total. The molecule has 2 aromatic heterocycles. The second-order valence-corrected chi connectivity index (χ2v) is 6.87. The van der Waals surface area contributed by atoms with E-state index in [0.717, 1.165) is 30.9 Å². The Morgan fingerprint density at radius 3 is 2.52 bits per heavy atom. The van der Waals surface area contributed by atoms with Crippen LogP contribution in [0.1, 0.15) is 30.1 Å². The van der Waals surface area contributed by atoms with Crippen LogP contribution in [0.25, 0.3) is 11.5 Å². The van der Waals surface area contributed by atoms with Crippen LogP contribution < -0.4 is 5.73 Å². The molecule has 1 fully saturated rings. The SMILES string of the molecule is Cl.N[C@H]1C[C@H](c2nc(-c3ccccn3)nn2CCc2ccccc2)C[C@@H]1O. The number of aliphatic hydroxyl groups excluding tert-OH is 1. The molecule has 0 unspecified atom stereocenters. The molecule has 3 N–H and O–H groups in total. The van der Waals surface area contributed by atoms with E-state index in [9.17, 15) is 5.11 Å². The molecule has 3 aromatic rings. The molecule has 3 atom stereocenters. The minimum atomic E-state index is -0.474. The zero-order valence-corrected chi connectivity index (χ0v) is 15.8. The first-order chi connectivity index (χ1) is 12.7. The van der Waals surface area contributed by atoms with Gasteiger partial charge in [0.15, 0.2) is 5.82 Å². The summed E-state index contributed by atoms with van der Waals surface area (Å²) in [6.45, 7) is 0.737. The van der Waals surface area contributed by atoms with E-state index in [1.54, 1.807) is 6.20 Å². The molecule has 0 bridgehead atoms. The monoisotopic (exact) mass is 385 g/mol. The third-order valence-electron chi connectivity index (χ3n) is 4.99. The second-order valence-electron chi connectivity index (χ2n) is 6.87. The fraction of sp³-hybridized carbons (Fsp3) is 0.350. The summed E-state index contributed by atoms with van der Waals surface area (Å²) in [6.07, 6.45) is 3.51. The standard InChI is InChI=1S/C20H23N5O.ClH/c21-16-12-15(13-18(16)26)20-23-19(17-8-4-5-10-22-17)24-25(20)11-9-14-6-2-1-3-7-14;/h1-8,10,15-16,18,26H,9,11-13,21H2;1H/t15-,16-,18-;/m0./s1. The molecule has 2 heterocycles. The minimum absolute atomic E-state index is 0. The Morgan fingerprint density at radius 2 is 1.85 bits per heavy atom. The van der Waals surface area contributed by atoms with E-state index in [0.29, 0.717) is 12.2 Å². The highest BCUT2D eigenvalue weighted by atomic mass is 35.5. The molecule has 142 valence electrons. The molecule has 7 heteroatoms. The summed E-state index contributed by atoms with van der Waals surface area (Å²) in [5, 5.41) is 14.8. The predicted octanol–water partition coefficient (Wildman–Crippen LogP) is 2.57. The molecule has 27 heavy (non-hydrogen) atoms. The van der Waals surface area contributed by atoms with Gasteiger partial charge in [0.1, 0.15) is 11.5 Å². The molecule has 1 saturated carbocycles. The summed E-state index contributed by atoms with van der Waals surface area (Å²) in [5.74, 6) is 1.65. The Labute approximate surface area is 164 Å². The maximum absolute atomic E-state index is 10.1. The lowest BCUT2D eigenvalue weighted by molar-refractivity contribution is 0.163. The molecular formula is C20H24ClN5O. The highest BCUT2D eigenvalue weighted by Gasteiger charge is 2.34. The third kappa shape index (κ3) is 4.35. The number of aromatic nitrogens is 4. The van der Waals surface area contributed by atoms with Crippen molar-refractivity contribution in [2.75, 3.05) is 0 Å². The molecule has 4 rings (SSSR count). The number of halogens is 1. The first-order valence-corrected chi connectivity index (χ1v) is 9.04. The zero-order chi connectivity index (χ0) is 17.9. The van der Waals surface area contributed by atoms with Crippen molar-refractivity contribution in [3.05, 3.63) is 66.1 Å². The van der Waals surface area contributed by atoms with E-state index in [-0.39, 0.29) is 24.4 Å². The number of aryl methyl sites for hydroxylation is 2. The molecule has 1 aliphatic rings. The molecule has 0 amide bonds. The third-order valence-corrected chi connectivity index (χ3v) is 4.99. The normalized spacial score (nSPS) is 21.8. The Bertz CT molecular complexity index is 845. The molecule has 0 radical (unpaired) electrons. The Morgan fingerprint density at radius 1 is 1.07 bits per heavy atom. The first-order valence-electron chi connectivity index (χ1n) is 9.04. The zero-order valence-electron chi connectivity index (χ0n) is 15.0. The van der Waals surface area contributed by atoms with Gasteiger partial charge in [0.05, 0.1) is 6.10 Å². The molecule has 1 aliphatic carbocycles. The topological polar surface area (TPSA) is 89.9 Å². The Hall–Kier alpha value is -2.28. The number of nitrogens with two attached hydrogens (primary N) is 1. The fourth-order valence-corrected chi connectivity index (χ4v) is 3.56. The van der Waals surface area contributed by atoms with Crippen molar-refractivity contribution in [1.82, 2.24) is 19.7 Å². The maximum Gasteiger partial charge on any atom is 0.200 e. The smallest absolute Gasteiger partial charge is 0.200 e. The largest absolute Gasteiger partial charge is 0.391 e. The van der Waals surface area contributed by atoms with Gasteiger partial charge in [-0.1, -0.05) is 36.4 Å². The molecule has 0 aliphatic heterocycles. The number of hydrogen-bond acceptors (Lipinski definition) is 5. The van der Waals surface area contributed by atoms with Crippen molar-refractivity contribution in [3.8, 4) is 11.5 Å². The van der Waals surface area contributed by atoms with E-state index >= 15 is 0 Å². The van der Waals surface area contributed by atoms with Crippen LogP contribution in [0.3, 0.4) is 0 Å². The van der Waals surface area contributed by atoms with Crippen molar-refractivity contribution in [2.24, 2.45) is 5.73 Å². The van der Waals surface area contributed by atoms with Gasteiger partial charge < -0.3 is 10.8 Å². The van der Waals surface area contributed by atoms with Crippen LogP contribution in [-0.2, 0) is 13.0 Å². The number of aliphatic hydroxyl groups is 1. The van der Waals surface area contributed by atoms with E-state index in [1.165, 1.54) is 5.56 Å². The van der Waals surface area contributed by atoms with Crippen LogP contribution in [0.2, 0.25) is 0 Å². The van der Waals surface area contributed by atoms with Gasteiger partial charge in [0, 0.05) is 24.7 Å². The van der Waals surface area contributed by atoms with Crippen molar-refractivity contribution in [2.45, 2.75) is 43.9 Å². The molecular weight excluding hydrogens is 362 g/mol. The lowest BCUT2D eigenvalue weighted by atomic mass is 10.1. The van der Waals surface area contributed by atoms with Gasteiger partial charge in [-0.3, -0.25) is 4.98 Å².